The van der Waals surface area contributed by atoms with Crippen molar-refractivity contribution in [3.63, 3.8) is 0 Å². The molecule has 0 amide bonds. The minimum absolute atomic E-state index is 0.759. The van der Waals surface area contributed by atoms with Gasteiger partial charge in [0.25, 0.3) is 0 Å². The molecule has 2 aliphatic rings. The van der Waals surface area contributed by atoms with Crippen molar-refractivity contribution in [3.05, 3.63) is 0 Å². The predicted molar refractivity (Wildman–Crippen MR) is 73.3 cm³/mol. The van der Waals surface area contributed by atoms with Gasteiger partial charge in [0.2, 0.25) is 0 Å². The van der Waals surface area contributed by atoms with Crippen LogP contribution in [0.1, 0.15) is 53.4 Å². The van der Waals surface area contributed by atoms with E-state index < -0.39 is 8.56 Å². The first-order chi connectivity index (χ1) is 8.15. The fourth-order valence-corrected chi connectivity index (χ4v) is 9.17. The lowest BCUT2D eigenvalue weighted by atomic mass is 9.85. The van der Waals surface area contributed by atoms with Crippen LogP contribution in [0.15, 0.2) is 0 Å². The van der Waals surface area contributed by atoms with E-state index in [0.29, 0.717) is 0 Å². The van der Waals surface area contributed by atoms with E-state index in [1.807, 2.05) is 0 Å². The van der Waals surface area contributed by atoms with Gasteiger partial charge in [0.15, 0.2) is 0 Å². The lowest BCUT2D eigenvalue weighted by molar-refractivity contribution is 0.104. The van der Waals surface area contributed by atoms with E-state index >= 15 is 0 Å². The van der Waals surface area contributed by atoms with E-state index in [2.05, 4.69) is 27.7 Å². The molecule has 0 bridgehead atoms. The molecule has 0 heterocycles. The molecule has 0 aromatic carbocycles. The molecule has 0 aliphatic heterocycles. The molecule has 17 heavy (non-hydrogen) atoms. The molecular formula is C14H28O2Si. The Kier molecular flexibility index (Phi) is 4.32. The van der Waals surface area contributed by atoms with Gasteiger partial charge >= 0.3 is 8.56 Å². The van der Waals surface area contributed by atoms with E-state index in [-0.39, 0.29) is 0 Å². The van der Waals surface area contributed by atoms with Gasteiger partial charge in [0, 0.05) is 24.3 Å². The van der Waals surface area contributed by atoms with Gasteiger partial charge in [0.1, 0.15) is 0 Å². The molecule has 3 heteroatoms. The molecule has 0 aromatic heterocycles. The third-order valence-corrected chi connectivity index (χ3v) is 10.3. The maximum atomic E-state index is 6.34. The van der Waals surface area contributed by atoms with Crippen LogP contribution in [0.4, 0.5) is 0 Å². The van der Waals surface area contributed by atoms with Gasteiger partial charge in [-0.25, -0.2) is 0 Å². The Balaban J connectivity index is 2.17. The van der Waals surface area contributed by atoms with E-state index in [4.69, 9.17) is 8.85 Å². The van der Waals surface area contributed by atoms with Gasteiger partial charge in [-0.15, -0.1) is 0 Å². The van der Waals surface area contributed by atoms with E-state index in [1.165, 1.54) is 25.7 Å². The molecule has 2 nitrogen and oxygen atoms in total. The lowest BCUT2D eigenvalue weighted by Crippen LogP contribution is -2.59. The van der Waals surface area contributed by atoms with Gasteiger partial charge < -0.3 is 8.85 Å². The fraction of sp³-hybridized carbons (Fsp3) is 1.00. The average Bonchev–Trinajstić information content (AvgIpc) is 2.25. The summed E-state index contributed by atoms with van der Waals surface area (Å²) in [5.41, 5.74) is 1.52. The Labute approximate surface area is 107 Å². The first kappa shape index (κ1) is 13.6. The van der Waals surface area contributed by atoms with E-state index in [0.717, 1.165) is 36.1 Å². The maximum Gasteiger partial charge on any atom is 0.345 e. The standard InChI is InChI=1S/C14H28O2Si/c1-5-15-17(16-6-2,13-9-7-11(13)3)14-10-8-12(14)4/h11-14H,5-10H2,1-4H3. The van der Waals surface area contributed by atoms with Gasteiger partial charge in [-0.05, 0) is 38.5 Å². The van der Waals surface area contributed by atoms with Crippen molar-refractivity contribution in [2.75, 3.05) is 13.2 Å². The van der Waals surface area contributed by atoms with Gasteiger partial charge in [-0.3, -0.25) is 0 Å². The second-order valence-corrected chi connectivity index (χ2v) is 9.41. The number of rotatable bonds is 6. The zero-order valence-corrected chi connectivity index (χ0v) is 12.9. The Morgan fingerprint density at radius 2 is 1.24 bits per heavy atom. The molecule has 0 spiro atoms. The summed E-state index contributed by atoms with van der Waals surface area (Å²) in [5.74, 6) is 1.65. The number of hydrogen-bond donors (Lipinski definition) is 0. The fourth-order valence-electron chi connectivity index (χ4n) is 3.72. The minimum Gasteiger partial charge on any atom is -0.394 e. The normalized spacial score (nSPS) is 37.4. The highest BCUT2D eigenvalue weighted by Gasteiger charge is 2.59. The zero-order chi connectivity index (χ0) is 12.5. The molecule has 2 aliphatic carbocycles. The van der Waals surface area contributed by atoms with E-state index in [1.54, 1.807) is 0 Å². The highest BCUT2D eigenvalue weighted by Crippen LogP contribution is 2.58. The first-order valence-corrected chi connectivity index (χ1v) is 9.40. The molecule has 100 valence electrons. The SMILES string of the molecule is CCO[Si](OCC)(C1CCC1C)C1CCC1C. The largest absolute Gasteiger partial charge is 0.394 e. The molecule has 0 saturated heterocycles. The monoisotopic (exact) mass is 256 g/mol. The van der Waals surface area contributed by atoms with Crippen molar-refractivity contribution in [2.24, 2.45) is 11.8 Å². The summed E-state index contributed by atoms with van der Waals surface area (Å²) < 4.78 is 12.7. The van der Waals surface area contributed by atoms with Crippen molar-refractivity contribution >= 4 is 8.56 Å². The number of hydrogen-bond acceptors (Lipinski definition) is 2. The van der Waals surface area contributed by atoms with Crippen molar-refractivity contribution in [2.45, 2.75) is 64.5 Å². The summed E-state index contributed by atoms with van der Waals surface area (Å²) in [4.78, 5) is 0. The third-order valence-electron chi connectivity index (χ3n) is 5.01. The lowest BCUT2D eigenvalue weighted by Gasteiger charge is -2.54. The van der Waals surface area contributed by atoms with Crippen LogP contribution in [-0.2, 0) is 8.85 Å². The summed E-state index contributed by atoms with van der Waals surface area (Å²) >= 11 is 0. The summed E-state index contributed by atoms with van der Waals surface area (Å²) in [7, 11) is -1.95. The molecule has 4 unspecified atom stereocenters. The average molecular weight is 256 g/mol. The Hall–Kier alpha value is 0.137. The summed E-state index contributed by atoms with van der Waals surface area (Å²) in [6.07, 6.45) is 5.44. The van der Waals surface area contributed by atoms with Crippen molar-refractivity contribution < 1.29 is 8.85 Å². The van der Waals surface area contributed by atoms with Crippen LogP contribution in [0, 0.1) is 11.8 Å². The Morgan fingerprint density at radius 1 is 0.824 bits per heavy atom. The molecule has 0 N–H and O–H groups in total. The summed E-state index contributed by atoms with van der Waals surface area (Å²) in [6.45, 7) is 10.7. The van der Waals surface area contributed by atoms with Crippen LogP contribution in [0.2, 0.25) is 11.1 Å². The molecule has 4 atom stereocenters. The van der Waals surface area contributed by atoms with Crippen LogP contribution in [0.25, 0.3) is 0 Å². The first-order valence-electron chi connectivity index (χ1n) is 7.43. The van der Waals surface area contributed by atoms with Crippen LogP contribution < -0.4 is 0 Å². The van der Waals surface area contributed by atoms with E-state index in [9.17, 15) is 0 Å². The Bertz CT molecular complexity index is 231. The molecule has 0 aromatic rings. The second-order valence-electron chi connectivity index (χ2n) is 5.91. The quantitative estimate of drug-likeness (QED) is 0.666. The smallest absolute Gasteiger partial charge is 0.345 e. The van der Waals surface area contributed by atoms with Crippen molar-refractivity contribution in [3.8, 4) is 0 Å². The van der Waals surface area contributed by atoms with Crippen LogP contribution in [0.3, 0.4) is 0 Å². The van der Waals surface area contributed by atoms with Crippen LogP contribution in [0.5, 0.6) is 0 Å². The summed E-state index contributed by atoms with van der Waals surface area (Å²) in [5, 5.41) is 0. The van der Waals surface area contributed by atoms with Crippen molar-refractivity contribution in [1.82, 2.24) is 0 Å². The van der Waals surface area contributed by atoms with Crippen molar-refractivity contribution in [1.29, 1.82) is 0 Å². The maximum absolute atomic E-state index is 6.34. The Morgan fingerprint density at radius 3 is 1.41 bits per heavy atom. The van der Waals surface area contributed by atoms with Crippen LogP contribution in [-0.4, -0.2) is 21.8 Å². The third kappa shape index (κ3) is 2.22. The molecule has 2 fully saturated rings. The summed E-state index contributed by atoms with van der Waals surface area (Å²) in [6, 6.07) is 0. The minimum atomic E-state index is -1.95. The highest BCUT2D eigenvalue weighted by atomic mass is 28.4. The molecule has 2 saturated carbocycles. The predicted octanol–water partition coefficient (Wildman–Crippen LogP) is 4.10. The topological polar surface area (TPSA) is 18.5 Å². The van der Waals surface area contributed by atoms with Gasteiger partial charge in [-0.1, -0.05) is 26.7 Å². The highest BCUT2D eigenvalue weighted by molar-refractivity contribution is 6.71. The molecule has 2 rings (SSSR count). The van der Waals surface area contributed by atoms with Gasteiger partial charge in [0.05, 0.1) is 0 Å². The molecular weight excluding hydrogens is 228 g/mol. The molecule has 0 radical (unpaired) electrons. The zero-order valence-electron chi connectivity index (χ0n) is 11.9. The van der Waals surface area contributed by atoms with Crippen LogP contribution >= 0.6 is 0 Å². The second kappa shape index (κ2) is 5.41. The van der Waals surface area contributed by atoms with Gasteiger partial charge in [-0.2, -0.15) is 0 Å².